The van der Waals surface area contributed by atoms with E-state index >= 15 is 0 Å². The first-order chi connectivity index (χ1) is 13.6. The lowest BCUT2D eigenvalue weighted by atomic mass is 10.1. The van der Waals surface area contributed by atoms with Gasteiger partial charge in [0.1, 0.15) is 11.5 Å². The molecular weight excluding hydrogens is 354 g/mol. The number of allylic oxidation sites excluding steroid dienone is 2. The fourth-order valence-electron chi connectivity index (χ4n) is 2.84. The second-order valence-corrected chi connectivity index (χ2v) is 6.97. The Hall–Kier alpha value is -2.30. The number of hydrogen-bond donors (Lipinski definition) is 2. The zero-order valence-electron chi connectivity index (χ0n) is 17.1. The van der Waals surface area contributed by atoms with Crippen LogP contribution in [0.2, 0.25) is 0 Å². The Morgan fingerprint density at radius 3 is 2.11 bits per heavy atom. The fraction of sp³-hybridized carbons (Fsp3) is 0.565. The van der Waals surface area contributed by atoms with Crippen molar-refractivity contribution in [1.29, 1.82) is 0 Å². The van der Waals surface area contributed by atoms with E-state index in [2.05, 4.69) is 17.5 Å². The van der Waals surface area contributed by atoms with Gasteiger partial charge in [0.2, 0.25) is 5.78 Å². The van der Waals surface area contributed by atoms with Gasteiger partial charge in [-0.05, 0) is 62.8 Å². The van der Waals surface area contributed by atoms with E-state index < -0.39 is 5.91 Å². The number of carbonyl (C=O) groups is 2. The Bertz CT molecular complexity index is 581. The van der Waals surface area contributed by atoms with Gasteiger partial charge in [0.15, 0.2) is 0 Å². The lowest BCUT2D eigenvalue weighted by Gasteiger charge is -2.06. The molecule has 0 unspecified atom stereocenters. The minimum atomic E-state index is -0.482. The van der Waals surface area contributed by atoms with Crippen molar-refractivity contribution in [3.05, 3.63) is 36.4 Å². The van der Waals surface area contributed by atoms with Crippen molar-refractivity contribution in [3.8, 4) is 11.5 Å². The molecule has 0 fully saturated rings. The number of ketones is 1. The van der Waals surface area contributed by atoms with Crippen molar-refractivity contribution >= 4 is 11.7 Å². The molecule has 156 valence electrons. The van der Waals surface area contributed by atoms with Gasteiger partial charge in [-0.1, -0.05) is 37.8 Å². The SMILES string of the molecule is CNC(=O)C(=O)CCCCC/C=C\CCCCCCCOc1ccc(O)cc1. The first-order valence-corrected chi connectivity index (χ1v) is 10.4. The van der Waals surface area contributed by atoms with Crippen molar-refractivity contribution in [1.82, 2.24) is 5.32 Å². The molecule has 0 aliphatic rings. The first kappa shape index (κ1) is 23.7. The predicted molar refractivity (Wildman–Crippen MR) is 113 cm³/mol. The number of rotatable bonds is 16. The van der Waals surface area contributed by atoms with Crippen molar-refractivity contribution in [2.45, 2.75) is 70.6 Å². The van der Waals surface area contributed by atoms with Crippen LogP contribution in [0.15, 0.2) is 36.4 Å². The molecule has 1 aromatic carbocycles. The van der Waals surface area contributed by atoms with E-state index in [0.29, 0.717) is 6.42 Å². The number of nitrogens with one attached hydrogen (secondary N) is 1. The predicted octanol–water partition coefficient (Wildman–Crippen LogP) is 4.93. The molecule has 1 aromatic rings. The molecule has 28 heavy (non-hydrogen) atoms. The van der Waals surface area contributed by atoms with Gasteiger partial charge in [0.05, 0.1) is 6.61 Å². The summed E-state index contributed by atoms with van der Waals surface area (Å²) in [6.45, 7) is 0.722. The van der Waals surface area contributed by atoms with Crippen molar-refractivity contribution in [3.63, 3.8) is 0 Å². The molecule has 0 spiro atoms. The van der Waals surface area contributed by atoms with E-state index in [0.717, 1.165) is 50.9 Å². The highest BCUT2D eigenvalue weighted by molar-refractivity contribution is 6.36. The summed E-state index contributed by atoms with van der Waals surface area (Å²) in [7, 11) is 1.49. The fourth-order valence-corrected chi connectivity index (χ4v) is 2.84. The minimum absolute atomic E-state index is 0.260. The van der Waals surface area contributed by atoms with Crippen LogP contribution < -0.4 is 10.1 Å². The molecular formula is C23H35NO4. The molecule has 0 aromatic heterocycles. The standard InChI is InChI=1S/C23H35NO4/c1-24-23(27)22(26)14-12-10-8-6-4-2-3-5-7-9-11-13-19-28-21-17-15-20(25)16-18-21/h2,4,15-18,25H,3,5-14,19H2,1H3,(H,24,27)/b4-2-. The zero-order valence-corrected chi connectivity index (χ0v) is 17.1. The summed E-state index contributed by atoms with van der Waals surface area (Å²) in [6, 6.07) is 6.84. The Morgan fingerprint density at radius 1 is 0.893 bits per heavy atom. The summed E-state index contributed by atoms with van der Waals surface area (Å²) >= 11 is 0. The number of phenols is 1. The van der Waals surface area contributed by atoms with Gasteiger partial charge in [-0.2, -0.15) is 0 Å². The largest absolute Gasteiger partial charge is 0.508 e. The number of Topliss-reactive ketones (excluding diaryl/α,β-unsaturated/α-hetero) is 1. The van der Waals surface area contributed by atoms with Crippen molar-refractivity contribution in [2.24, 2.45) is 0 Å². The number of carbonyl (C=O) groups excluding carboxylic acids is 2. The van der Waals surface area contributed by atoms with Gasteiger partial charge >= 0.3 is 0 Å². The van der Waals surface area contributed by atoms with E-state index in [-0.39, 0.29) is 11.5 Å². The maximum Gasteiger partial charge on any atom is 0.287 e. The molecule has 0 heterocycles. The Morgan fingerprint density at radius 2 is 1.46 bits per heavy atom. The highest BCUT2D eigenvalue weighted by atomic mass is 16.5. The molecule has 0 saturated carbocycles. The molecule has 0 radical (unpaired) electrons. The molecule has 0 saturated heterocycles. The maximum absolute atomic E-state index is 11.3. The van der Waals surface area contributed by atoms with Crippen LogP contribution in [0.5, 0.6) is 11.5 Å². The average molecular weight is 390 g/mol. The molecule has 0 aliphatic heterocycles. The van der Waals surface area contributed by atoms with E-state index in [9.17, 15) is 14.7 Å². The second-order valence-electron chi connectivity index (χ2n) is 6.97. The number of ether oxygens (including phenoxy) is 1. The van der Waals surface area contributed by atoms with Crippen LogP contribution >= 0.6 is 0 Å². The zero-order chi connectivity index (χ0) is 20.5. The van der Waals surface area contributed by atoms with Gasteiger partial charge < -0.3 is 15.2 Å². The number of unbranched alkanes of at least 4 members (excludes halogenated alkanes) is 8. The van der Waals surface area contributed by atoms with E-state index in [1.165, 1.54) is 32.7 Å². The Labute approximate surface area is 169 Å². The number of aromatic hydroxyl groups is 1. The van der Waals surface area contributed by atoms with Gasteiger partial charge in [-0.25, -0.2) is 0 Å². The van der Waals surface area contributed by atoms with Crippen LogP contribution in [0.25, 0.3) is 0 Å². The van der Waals surface area contributed by atoms with Crippen LogP contribution in [-0.4, -0.2) is 30.5 Å². The molecule has 0 aliphatic carbocycles. The minimum Gasteiger partial charge on any atom is -0.508 e. The highest BCUT2D eigenvalue weighted by Crippen LogP contribution is 2.16. The highest BCUT2D eigenvalue weighted by Gasteiger charge is 2.09. The van der Waals surface area contributed by atoms with Gasteiger partial charge in [0, 0.05) is 13.5 Å². The third-order valence-corrected chi connectivity index (χ3v) is 4.54. The molecule has 1 rings (SSSR count). The summed E-state index contributed by atoms with van der Waals surface area (Å²) in [4.78, 5) is 22.4. The smallest absolute Gasteiger partial charge is 0.287 e. The summed E-state index contributed by atoms with van der Waals surface area (Å²) in [5.74, 6) is 0.270. The van der Waals surface area contributed by atoms with E-state index in [1.807, 2.05) is 0 Å². The lowest BCUT2D eigenvalue weighted by Crippen LogP contribution is -2.27. The number of phenolic OH excluding ortho intramolecular Hbond substituents is 1. The first-order valence-electron chi connectivity index (χ1n) is 10.4. The van der Waals surface area contributed by atoms with Gasteiger partial charge in [-0.3, -0.25) is 9.59 Å². The normalized spacial score (nSPS) is 10.9. The van der Waals surface area contributed by atoms with Crippen molar-refractivity contribution < 1.29 is 19.4 Å². The Kier molecular flexibility index (Phi) is 13.3. The quantitative estimate of drug-likeness (QED) is 0.239. The number of amides is 1. The van der Waals surface area contributed by atoms with Gasteiger partial charge in [0.25, 0.3) is 5.91 Å². The summed E-state index contributed by atoms with van der Waals surface area (Å²) in [5.41, 5.74) is 0. The molecule has 5 heteroatoms. The molecule has 5 nitrogen and oxygen atoms in total. The number of hydrogen-bond acceptors (Lipinski definition) is 4. The monoisotopic (exact) mass is 389 g/mol. The number of likely N-dealkylation sites (N-methyl/N-ethyl adjacent to an activating group) is 1. The van der Waals surface area contributed by atoms with Gasteiger partial charge in [-0.15, -0.1) is 0 Å². The molecule has 0 bridgehead atoms. The molecule has 0 atom stereocenters. The van der Waals surface area contributed by atoms with E-state index in [1.54, 1.807) is 24.3 Å². The Balaban J connectivity index is 1.83. The van der Waals surface area contributed by atoms with Crippen LogP contribution in [0.3, 0.4) is 0 Å². The molecule has 2 N–H and O–H groups in total. The van der Waals surface area contributed by atoms with E-state index in [4.69, 9.17) is 4.74 Å². The lowest BCUT2D eigenvalue weighted by molar-refractivity contribution is -0.137. The third kappa shape index (κ3) is 12.2. The number of benzene rings is 1. The topological polar surface area (TPSA) is 75.6 Å². The maximum atomic E-state index is 11.3. The van der Waals surface area contributed by atoms with Crippen LogP contribution in [-0.2, 0) is 9.59 Å². The van der Waals surface area contributed by atoms with Crippen LogP contribution in [0.1, 0.15) is 70.6 Å². The van der Waals surface area contributed by atoms with Crippen LogP contribution in [0.4, 0.5) is 0 Å². The van der Waals surface area contributed by atoms with Crippen molar-refractivity contribution in [2.75, 3.05) is 13.7 Å². The van der Waals surface area contributed by atoms with Crippen LogP contribution in [0, 0.1) is 0 Å². The average Bonchev–Trinajstić information content (AvgIpc) is 2.71. The molecule has 1 amide bonds. The summed E-state index contributed by atoms with van der Waals surface area (Å²) < 4.78 is 5.63. The summed E-state index contributed by atoms with van der Waals surface area (Å²) in [5, 5.41) is 11.6. The summed E-state index contributed by atoms with van der Waals surface area (Å²) in [6.07, 6.45) is 15.8. The third-order valence-electron chi connectivity index (χ3n) is 4.54. The second kappa shape index (κ2) is 15.7.